The summed E-state index contributed by atoms with van der Waals surface area (Å²) >= 11 is 4.93. The zero-order valence-electron chi connectivity index (χ0n) is 4.69. The minimum atomic E-state index is -4.55. The number of halogens is 1. The maximum absolute atomic E-state index is 10.1. The lowest BCUT2D eigenvalue weighted by Gasteiger charge is -2.02. The molecule has 7 heteroatoms. The Hall–Kier alpha value is -0.330. The molecule has 0 aromatic heterocycles. The molecule has 0 aliphatic heterocycles. The highest BCUT2D eigenvalue weighted by Gasteiger charge is 2.29. The molecular weight excluding hydrogens is 184 g/mol. The summed E-state index contributed by atoms with van der Waals surface area (Å²) in [6, 6.07) is 0. The highest BCUT2D eigenvalue weighted by Crippen LogP contribution is 2.00. The number of alkyl halides is 1. The van der Waals surface area contributed by atoms with Crippen molar-refractivity contribution in [2.24, 2.45) is 0 Å². The van der Waals surface area contributed by atoms with Crippen LogP contribution in [-0.2, 0) is 14.9 Å². The van der Waals surface area contributed by atoms with Crippen molar-refractivity contribution in [2.75, 3.05) is 5.88 Å². The zero-order chi connectivity index (χ0) is 8.36. The third kappa shape index (κ3) is 2.51. The van der Waals surface area contributed by atoms with E-state index in [9.17, 15) is 13.2 Å². The van der Waals surface area contributed by atoms with Gasteiger partial charge in [-0.25, -0.2) is 0 Å². The molecule has 0 rings (SSSR count). The van der Waals surface area contributed by atoms with Gasteiger partial charge in [0.15, 0.2) is 5.25 Å². The van der Waals surface area contributed by atoms with E-state index in [0.29, 0.717) is 0 Å². The average molecular weight is 189 g/mol. The van der Waals surface area contributed by atoms with Crippen molar-refractivity contribution >= 4 is 27.7 Å². The van der Waals surface area contributed by atoms with E-state index in [1.807, 2.05) is 0 Å². The third-order valence-corrected chi connectivity index (χ3v) is 2.35. The highest BCUT2D eigenvalue weighted by molar-refractivity contribution is 7.87. The molecule has 0 amide bonds. The third-order valence-electron chi connectivity index (χ3n) is 0.775. The van der Waals surface area contributed by atoms with E-state index in [2.05, 4.69) is 0 Å². The van der Waals surface area contributed by atoms with Gasteiger partial charge in [0.05, 0.1) is 5.88 Å². The second-order valence-electron chi connectivity index (χ2n) is 1.50. The molecule has 0 aromatic carbocycles. The molecule has 0 radical (unpaired) electrons. The van der Waals surface area contributed by atoms with E-state index in [1.54, 1.807) is 0 Å². The average Bonchev–Trinajstić information content (AvgIpc) is 1.60. The van der Waals surface area contributed by atoms with E-state index in [1.165, 1.54) is 0 Å². The molecule has 0 bridgehead atoms. The van der Waals surface area contributed by atoms with Gasteiger partial charge in [-0.05, 0) is 0 Å². The van der Waals surface area contributed by atoms with Gasteiger partial charge in [-0.15, -0.1) is 11.6 Å². The lowest BCUT2D eigenvalue weighted by Crippen LogP contribution is -2.31. The Morgan fingerprint density at radius 3 is 2.00 bits per heavy atom. The fourth-order valence-electron chi connectivity index (χ4n) is 0.273. The number of rotatable bonds is 3. The van der Waals surface area contributed by atoms with Gasteiger partial charge in [0, 0.05) is 0 Å². The molecule has 5 nitrogen and oxygen atoms in total. The summed E-state index contributed by atoms with van der Waals surface area (Å²) in [7, 11) is -4.55. The topological polar surface area (TPSA) is 91.7 Å². The summed E-state index contributed by atoms with van der Waals surface area (Å²) in [6.07, 6.45) is 0. The Balaban J connectivity index is 4.55. The summed E-state index contributed by atoms with van der Waals surface area (Å²) in [4.78, 5) is 9.95. The first-order valence-corrected chi connectivity index (χ1v) is 4.18. The van der Waals surface area contributed by atoms with Gasteiger partial charge in [0.25, 0.3) is 10.1 Å². The van der Waals surface area contributed by atoms with E-state index in [4.69, 9.17) is 21.3 Å². The number of aliphatic carboxylic acids is 1. The fraction of sp³-hybridized carbons (Fsp3) is 0.667. The molecule has 1 unspecified atom stereocenters. The molecule has 60 valence electrons. The monoisotopic (exact) mass is 188 g/mol. The molecule has 0 spiro atoms. The Bertz CT molecular complexity index is 219. The van der Waals surface area contributed by atoms with Crippen LogP contribution in [0.2, 0.25) is 0 Å². The SMILES string of the molecule is O=C(O)C(CCl)S(=O)(=O)O. The van der Waals surface area contributed by atoms with Crippen LogP contribution in [0.1, 0.15) is 0 Å². The van der Waals surface area contributed by atoms with E-state index < -0.39 is 27.2 Å². The van der Waals surface area contributed by atoms with Gasteiger partial charge in [-0.3, -0.25) is 9.35 Å². The van der Waals surface area contributed by atoms with Crippen molar-refractivity contribution in [3.8, 4) is 0 Å². The van der Waals surface area contributed by atoms with Crippen LogP contribution < -0.4 is 0 Å². The minimum Gasteiger partial charge on any atom is -0.480 e. The molecule has 0 aromatic rings. The summed E-state index contributed by atoms with van der Waals surface area (Å²) in [5.74, 6) is -2.31. The van der Waals surface area contributed by atoms with Crippen LogP contribution in [0.5, 0.6) is 0 Å². The largest absolute Gasteiger partial charge is 0.480 e. The van der Waals surface area contributed by atoms with Crippen molar-refractivity contribution in [3.05, 3.63) is 0 Å². The Morgan fingerprint density at radius 2 is 2.00 bits per heavy atom. The van der Waals surface area contributed by atoms with Crippen molar-refractivity contribution in [1.82, 2.24) is 0 Å². The number of carboxylic acids is 1. The summed E-state index contributed by atoms with van der Waals surface area (Å²) in [5, 5.41) is 6.16. The van der Waals surface area contributed by atoms with Crippen LogP contribution in [0, 0.1) is 0 Å². The molecule has 1 atom stereocenters. The van der Waals surface area contributed by atoms with Crippen molar-refractivity contribution in [2.45, 2.75) is 5.25 Å². The van der Waals surface area contributed by atoms with Gasteiger partial charge in [-0.1, -0.05) is 0 Å². The Kier molecular flexibility index (Phi) is 3.07. The lowest BCUT2D eigenvalue weighted by molar-refractivity contribution is -0.136. The standard InChI is InChI=1S/C3H5ClO5S/c4-1-2(3(5)6)10(7,8)9/h2H,1H2,(H,5,6)(H,7,8,9). The Morgan fingerprint density at radius 1 is 1.60 bits per heavy atom. The summed E-state index contributed by atoms with van der Waals surface area (Å²) in [6.45, 7) is 0. The molecule has 0 saturated heterocycles. The Labute approximate surface area is 62.4 Å². The second kappa shape index (κ2) is 3.18. The molecule has 0 heterocycles. The lowest BCUT2D eigenvalue weighted by atomic mass is 10.5. The van der Waals surface area contributed by atoms with E-state index in [-0.39, 0.29) is 0 Å². The van der Waals surface area contributed by atoms with Gasteiger partial charge in [0.1, 0.15) is 0 Å². The molecule has 0 aliphatic rings. The fourth-order valence-corrected chi connectivity index (χ4v) is 1.30. The number of carboxylic acid groups (broad SMARTS) is 1. The van der Waals surface area contributed by atoms with Crippen LogP contribution in [0.4, 0.5) is 0 Å². The van der Waals surface area contributed by atoms with E-state index >= 15 is 0 Å². The minimum absolute atomic E-state index is 0.659. The van der Waals surface area contributed by atoms with Crippen molar-refractivity contribution < 1.29 is 22.9 Å². The first kappa shape index (κ1) is 9.67. The second-order valence-corrected chi connectivity index (χ2v) is 3.40. The van der Waals surface area contributed by atoms with Crippen LogP contribution in [0.25, 0.3) is 0 Å². The first-order valence-electron chi connectivity index (χ1n) is 2.14. The quantitative estimate of drug-likeness (QED) is 0.463. The van der Waals surface area contributed by atoms with Gasteiger partial charge < -0.3 is 5.11 Å². The van der Waals surface area contributed by atoms with E-state index in [0.717, 1.165) is 0 Å². The predicted octanol–water partition coefficient (Wildman–Crippen LogP) is -0.434. The van der Waals surface area contributed by atoms with Crippen LogP contribution >= 0.6 is 11.6 Å². The van der Waals surface area contributed by atoms with Crippen LogP contribution in [-0.4, -0.2) is 35.2 Å². The number of hydrogen-bond donors (Lipinski definition) is 2. The molecular formula is C3H5ClO5S. The van der Waals surface area contributed by atoms with Gasteiger partial charge >= 0.3 is 5.97 Å². The molecule has 10 heavy (non-hydrogen) atoms. The molecule has 0 aliphatic carbocycles. The van der Waals surface area contributed by atoms with Gasteiger partial charge in [-0.2, -0.15) is 8.42 Å². The van der Waals surface area contributed by atoms with Gasteiger partial charge in [0.2, 0.25) is 0 Å². The molecule has 0 saturated carbocycles. The predicted molar refractivity (Wildman–Crippen MR) is 33.7 cm³/mol. The van der Waals surface area contributed by atoms with Crippen LogP contribution in [0.15, 0.2) is 0 Å². The number of hydrogen-bond acceptors (Lipinski definition) is 3. The number of carbonyl (C=O) groups is 1. The summed E-state index contributed by atoms with van der Waals surface area (Å²) in [5.41, 5.74) is 0. The highest BCUT2D eigenvalue weighted by atomic mass is 35.5. The first-order chi connectivity index (χ1) is 4.39. The maximum atomic E-state index is 10.1. The maximum Gasteiger partial charge on any atom is 0.325 e. The molecule has 0 fully saturated rings. The summed E-state index contributed by atoms with van der Waals surface area (Å²) < 4.78 is 28.3. The van der Waals surface area contributed by atoms with Crippen molar-refractivity contribution in [1.29, 1.82) is 0 Å². The molecule has 2 N–H and O–H groups in total. The van der Waals surface area contributed by atoms with Crippen molar-refractivity contribution in [3.63, 3.8) is 0 Å². The smallest absolute Gasteiger partial charge is 0.325 e. The normalized spacial score (nSPS) is 14.6. The van der Waals surface area contributed by atoms with Crippen LogP contribution in [0.3, 0.4) is 0 Å². The zero-order valence-corrected chi connectivity index (χ0v) is 6.26.